The molecule has 0 fully saturated rings. The van der Waals surface area contributed by atoms with E-state index in [1.54, 1.807) is 0 Å². The second-order valence-electron chi connectivity index (χ2n) is 3.89. The fourth-order valence-corrected chi connectivity index (χ4v) is 2.38. The maximum Gasteiger partial charge on any atom is 0.0548 e. The predicted molar refractivity (Wildman–Crippen MR) is 67.4 cm³/mol. The molecule has 1 atom stereocenters. The van der Waals surface area contributed by atoms with Gasteiger partial charge in [0.2, 0.25) is 0 Å². The third kappa shape index (κ3) is 5.24. The second-order valence-corrected chi connectivity index (χ2v) is 5.06. The van der Waals surface area contributed by atoms with Crippen molar-refractivity contribution in [2.45, 2.75) is 44.1 Å². The zero-order valence-corrected chi connectivity index (χ0v) is 10.4. The molecule has 0 heterocycles. The van der Waals surface area contributed by atoms with E-state index in [1.807, 2.05) is 11.8 Å². The molecule has 2 heteroatoms. The molecule has 0 aliphatic heterocycles. The number of hydrogen-bond acceptors (Lipinski definition) is 2. The van der Waals surface area contributed by atoms with Crippen molar-refractivity contribution in [3.8, 4) is 0 Å². The van der Waals surface area contributed by atoms with Crippen LogP contribution in [0.15, 0.2) is 29.2 Å². The smallest absolute Gasteiger partial charge is 0.0548 e. The molecular formula is C13H20OS. The first-order valence-corrected chi connectivity index (χ1v) is 6.58. The Labute approximate surface area is 96.9 Å². The molecule has 0 amide bonds. The Balaban J connectivity index is 2.22. The summed E-state index contributed by atoms with van der Waals surface area (Å²) in [6.45, 7) is 4.20. The lowest BCUT2D eigenvalue weighted by Gasteiger charge is -2.08. The van der Waals surface area contributed by atoms with Gasteiger partial charge in [-0.1, -0.05) is 31.0 Å². The monoisotopic (exact) mass is 224 g/mol. The highest BCUT2D eigenvalue weighted by Gasteiger charge is 2.02. The summed E-state index contributed by atoms with van der Waals surface area (Å²) in [5.74, 6) is 1.00. The molecule has 0 radical (unpaired) electrons. The Morgan fingerprint density at radius 2 is 1.87 bits per heavy atom. The van der Waals surface area contributed by atoms with Crippen LogP contribution in [0.4, 0.5) is 0 Å². The first-order chi connectivity index (χ1) is 7.22. The number of hydrogen-bond donors (Lipinski definition) is 1. The molecule has 0 bridgehead atoms. The van der Waals surface area contributed by atoms with Gasteiger partial charge in [-0.05, 0) is 31.9 Å². The van der Waals surface area contributed by atoms with Gasteiger partial charge in [0.25, 0.3) is 0 Å². The Kier molecular flexibility index (Phi) is 5.81. The molecule has 0 spiro atoms. The van der Waals surface area contributed by atoms with E-state index >= 15 is 0 Å². The van der Waals surface area contributed by atoms with Crippen LogP contribution in [0.25, 0.3) is 0 Å². The van der Waals surface area contributed by atoms with E-state index in [9.17, 15) is 5.11 Å². The number of benzene rings is 1. The molecule has 1 aromatic carbocycles. The number of aliphatic hydroxyl groups is 1. The van der Waals surface area contributed by atoms with Crippen LogP contribution >= 0.6 is 11.8 Å². The largest absolute Gasteiger partial charge is 0.393 e. The summed E-state index contributed by atoms with van der Waals surface area (Å²) in [5, 5.41) is 9.56. The van der Waals surface area contributed by atoms with Crippen LogP contribution in [0, 0.1) is 6.92 Å². The topological polar surface area (TPSA) is 20.2 Å². The minimum atomic E-state index is -0.118. The van der Waals surface area contributed by atoms with E-state index in [0.717, 1.165) is 25.0 Å². The Morgan fingerprint density at radius 1 is 1.20 bits per heavy atom. The van der Waals surface area contributed by atoms with Crippen molar-refractivity contribution in [2.75, 3.05) is 5.75 Å². The first kappa shape index (κ1) is 12.6. The molecule has 15 heavy (non-hydrogen) atoms. The molecular weight excluding hydrogens is 204 g/mol. The molecule has 84 valence electrons. The van der Waals surface area contributed by atoms with Gasteiger partial charge >= 0.3 is 0 Å². The van der Waals surface area contributed by atoms with E-state index in [-0.39, 0.29) is 6.10 Å². The average molecular weight is 224 g/mol. The molecule has 0 aliphatic rings. The first-order valence-electron chi connectivity index (χ1n) is 5.60. The van der Waals surface area contributed by atoms with Crippen LogP contribution in [-0.4, -0.2) is 17.0 Å². The molecule has 0 saturated heterocycles. The van der Waals surface area contributed by atoms with Crippen molar-refractivity contribution in [3.05, 3.63) is 29.8 Å². The highest BCUT2D eigenvalue weighted by molar-refractivity contribution is 7.99. The van der Waals surface area contributed by atoms with E-state index in [1.165, 1.54) is 10.5 Å². The van der Waals surface area contributed by atoms with Gasteiger partial charge in [-0.2, -0.15) is 0 Å². The number of rotatable bonds is 6. The van der Waals surface area contributed by atoms with Gasteiger partial charge in [0.05, 0.1) is 6.10 Å². The van der Waals surface area contributed by atoms with Crippen molar-refractivity contribution in [1.82, 2.24) is 0 Å². The van der Waals surface area contributed by atoms with Crippen molar-refractivity contribution in [2.24, 2.45) is 0 Å². The van der Waals surface area contributed by atoms with Crippen molar-refractivity contribution < 1.29 is 5.11 Å². The standard InChI is InChI=1S/C13H20OS/c1-3-4-12(14)9-10-15-13-7-5-11(2)6-8-13/h5-8,12,14H,3-4,9-10H2,1-2H3. The third-order valence-electron chi connectivity index (χ3n) is 2.36. The molecule has 0 aromatic heterocycles. The molecule has 1 unspecified atom stereocenters. The molecule has 0 saturated carbocycles. The molecule has 0 aliphatic carbocycles. The third-order valence-corrected chi connectivity index (χ3v) is 3.41. The lowest BCUT2D eigenvalue weighted by molar-refractivity contribution is 0.160. The van der Waals surface area contributed by atoms with Crippen LogP contribution in [-0.2, 0) is 0 Å². The molecule has 1 N–H and O–H groups in total. The lowest BCUT2D eigenvalue weighted by atomic mass is 10.2. The molecule has 1 nitrogen and oxygen atoms in total. The predicted octanol–water partition coefficient (Wildman–Crippen LogP) is 3.64. The van der Waals surface area contributed by atoms with Crippen LogP contribution in [0.5, 0.6) is 0 Å². The Morgan fingerprint density at radius 3 is 2.47 bits per heavy atom. The number of aryl methyl sites for hydroxylation is 1. The van der Waals surface area contributed by atoms with Gasteiger partial charge in [0, 0.05) is 10.6 Å². The second kappa shape index (κ2) is 6.91. The zero-order chi connectivity index (χ0) is 11.1. The fourth-order valence-electron chi connectivity index (χ4n) is 1.42. The van der Waals surface area contributed by atoms with E-state index in [4.69, 9.17) is 0 Å². The van der Waals surface area contributed by atoms with Crippen molar-refractivity contribution in [3.63, 3.8) is 0 Å². The summed E-state index contributed by atoms with van der Waals surface area (Å²) >= 11 is 1.82. The summed E-state index contributed by atoms with van der Waals surface area (Å²) in [6.07, 6.45) is 2.77. The quantitative estimate of drug-likeness (QED) is 0.744. The zero-order valence-electron chi connectivity index (χ0n) is 9.57. The van der Waals surface area contributed by atoms with Gasteiger partial charge in [0.1, 0.15) is 0 Å². The van der Waals surface area contributed by atoms with E-state index < -0.39 is 0 Å². The summed E-state index contributed by atoms with van der Waals surface area (Å²) < 4.78 is 0. The highest BCUT2D eigenvalue weighted by Crippen LogP contribution is 2.20. The van der Waals surface area contributed by atoms with Crippen molar-refractivity contribution >= 4 is 11.8 Å². The van der Waals surface area contributed by atoms with Gasteiger partial charge in [-0.3, -0.25) is 0 Å². The minimum Gasteiger partial charge on any atom is -0.393 e. The van der Waals surface area contributed by atoms with Crippen LogP contribution < -0.4 is 0 Å². The number of aliphatic hydroxyl groups excluding tert-OH is 1. The van der Waals surface area contributed by atoms with Crippen LogP contribution in [0.1, 0.15) is 31.7 Å². The maximum absolute atomic E-state index is 9.56. The SMILES string of the molecule is CCCC(O)CCSc1ccc(C)cc1. The minimum absolute atomic E-state index is 0.118. The Bertz CT molecular complexity index is 268. The van der Waals surface area contributed by atoms with E-state index in [0.29, 0.717) is 0 Å². The van der Waals surface area contributed by atoms with E-state index in [2.05, 4.69) is 38.1 Å². The average Bonchev–Trinajstić information content (AvgIpc) is 2.21. The van der Waals surface area contributed by atoms with Crippen molar-refractivity contribution in [1.29, 1.82) is 0 Å². The van der Waals surface area contributed by atoms with Gasteiger partial charge in [-0.25, -0.2) is 0 Å². The summed E-state index contributed by atoms with van der Waals surface area (Å²) in [7, 11) is 0. The van der Waals surface area contributed by atoms with Crippen LogP contribution in [0.3, 0.4) is 0 Å². The highest BCUT2D eigenvalue weighted by atomic mass is 32.2. The summed E-state index contributed by atoms with van der Waals surface area (Å²) in [5.41, 5.74) is 1.30. The lowest BCUT2D eigenvalue weighted by Crippen LogP contribution is -2.06. The van der Waals surface area contributed by atoms with Gasteiger partial charge < -0.3 is 5.11 Å². The summed E-state index contributed by atoms with van der Waals surface area (Å²) in [6, 6.07) is 8.55. The molecule has 1 rings (SSSR count). The Hall–Kier alpha value is -0.470. The fraction of sp³-hybridized carbons (Fsp3) is 0.538. The number of thioether (sulfide) groups is 1. The van der Waals surface area contributed by atoms with Gasteiger partial charge in [-0.15, -0.1) is 11.8 Å². The maximum atomic E-state index is 9.56. The normalized spacial score (nSPS) is 12.7. The van der Waals surface area contributed by atoms with Gasteiger partial charge in [0.15, 0.2) is 0 Å². The van der Waals surface area contributed by atoms with Crippen LogP contribution in [0.2, 0.25) is 0 Å². The summed E-state index contributed by atoms with van der Waals surface area (Å²) in [4.78, 5) is 1.30. The molecule has 1 aromatic rings.